The molecule has 2 N–H and O–H groups in total. The van der Waals surface area contributed by atoms with Crippen molar-refractivity contribution in [2.24, 2.45) is 5.92 Å². The lowest BCUT2D eigenvalue weighted by Gasteiger charge is -2.15. The molecule has 0 heterocycles. The van der Waals surface area contributed by atoms with Crippen molar-refractivity contribution in [2.45, 2.75) is 59.5 Å². The number of amides is 1. The Kier molecular flexibility index (Phi) is 7.44. The molecule has 0 radical (unpaired) electrons. The Morgan fingerprint density at radius 3 is 2.19 bits per heavy atom. The molecule has 1 amide bonds. The fraction of sp³-hybridized carbons (Fsp3) is 0.611. The second kappa shape index (κ2) is 8.83. The summed E-state index contributed by atoms with van der Waals surface area (Å²) in [5, 5.41) is 6.25. The summed E-state index contributed by atoms with van der Waals surface area (Å²) in [4.78, 5) is 11.9. The largest absolute Gasteiger partial charge is 0.355 e. The molecule has 1 rings (SSSR count). The summed E-state index contributed by atoms with van der Waals surface area (Å²) in [5.74, 6) is 1.25. The van der Waals surface area contributed by atoms with Crippen LogP contribution in [-0.4, -0.2) is 18.5 Å². The Bertz CT molecular complexity index is 423. The minimum Gasteiger partial charge on any atom is -0.355 e. The molecule has 0 fully saturated rings. The molecule has 1 aromatic rings. The van der Waals surface area contributed by atoms with Crippen LogP contribution in [0.3, 0.4) is 0 Å². The third kappa shape index (κ3) is 6.76. The average molecular weight is 290 g/mol. The van der Waals surface area contributed by atoms with Crippen LogP contribution in [0.15, 0.2) is 24.3 Å². The zero-order valence-electron chi connectivity index (χ0n) is 14.1. The van der Waals surface area contributed by atoms with Gasteiger partial charge in [0, 0.05) is 13.1 Å². The van der Waals surface area contributed by atoms with Gasteiger partial charge in [0.1, 0.15) is 0 Å². The van der Waals surface area contributed by atoms with Gasteiger partial charge in [0.15, 0.2) is 0 Å². The second-order valence-corrected chi connectivity index (χ2v) is 6.47. The monoisotopic (exact) mass is 290 g/mol. The standard InChI is InChI=1S/C18H30N2O/c1-13(2)10-11-19-18(21)15(5)20-12-16-6-8-17(9-7-16)14(3)4/h6-9,13-15,20H,10-12H2,1-5H3,(H,19,21). The number of carbonyl (C=O) groups excluding carboxylic acids is 1. The van der Waals surface area contributed by atoms with Crippen molar-refractivity contribution >= 4 is 5.91 Å². The molecule has 118 valence electrons. The fourth-order valence-electron chi connectivity index (χ4n) is 2.02. The zero-order chi connectivity index (χ0) is 15.8. The lowest BCUT2D eigenvalue weighted by molar-refractivity contribution is -0.122. The molecule has 0 spiro atoms. The smallest absolute Gasteiger partial charge is 0.236 e. The van der Waals surface area contributed by atoms with Crippen molar-refractivity contribution in [3.05, 3.63) is 35.4 Å². The predicted molar refractivity (Wildman–Crippen MR) is 89.3 cm³/mol. The normalized spacial score (nSPS) is 12.7. The van der Waals surface area contributed by atoms with Gasteiger partial charge in [-0.3, -0.25) is 4.79 Å². The highest BCUT2D eigenvalue weighted by atomic mass is 16.2. The van der Waals surface area contributed by atoms with Crippen LogP contribution in [0.5, 0.6) is 0 Å². The molecule has 3 heteroatoms. The van der Waals surface area contributed by atoms with Gasteiger partial charge in [-0.15, -0.1) is 0 Å². The van der Waals surface area contributed by atoms with E-state index in [1.807, 2.05) is 6.92 Å². The van der Waals surface area contributed by atoms with E-state index < -0.39 is 0 Å². The van der Waals surface area contributed by atoms with E-state index in [4.69, 9.17) is 0 Å². The summed E-state index contributed by atoms with van der Waals surface area (Å²) < 4.78 is 0. The summed E-state index contributed by atoms with van der Waals surface area (Å²) >= 11 is 0. The van der Waals surface area contributed by atoms with E-state index in [1.165, 1.54) is 11.1 Å². The van der Waals surface area contributed by atoms with Crippen LogP contribution in [0, 0.1) is 5.92 Å². The first-order valence-corrected chi connectivity index (χ1v) is 8.00. The first kappa shape index (κ1) is 17.7. The van der Waals surface area contributed by atoms with Crippen molar-refractivity contribution in [2.75, 3.05) is 6.54 Å². The van der Waals surface area contributed by atoms with Crippen LogP contribution in [0.1, 0.15) is 58.1 Å². The lowest BCUT2D eigenvalue weighted by Crippen LogP contribution is -2.42. The molecule has 0 aliphatic rings. The van der Waals surface area contributed by atoms with E-state index in [0.29, 0.717) is 11.8 Å². The fourth-order valence-corrected chi connectivity index (χ4v) is 2.02. The number of benzene rings is 1. The third-order valence-corrected chi connectivity index (χ3v) is 3.67. The summed E-state index contributed by atoms with van der Waals surface area (Å²) in [7, 11) is 0. The van der Waals surface area contributed by atoms with E-state index in [1.54, 1.807) is 0 Å². The third-order valence-electron chi connectivity index (χ3n) is 3.67. The Morgan fingerprint density at radius 2 is 1.67 bits per heavy atom. The highest BCUT2D eigenvalue weighted by molar-refractivity contribution is 5.81. The quantitative estimate of drug-likeness (QED) is 0.770. The molecule has 0 aromatic heterocycles. The van der Waals surface area contributed by atoms with Gasteiger partial charge in [-0.05, 0) is 36.3 Å². The van der Waals surface area contributed by atoms with Crippen LogP contribution in [0.4, 0.5) is 0 Å². The van der Waals surface area contributed by atoms with Crippen LogP contribution >= 0.6 is 0 Å². The summed E-state index contributed by atoms with van der Waals surface area (Å²) in [5.41, 5.74) is 2.56. The highest BCUT2D eigenvalue weighted by Crippen LogP contribution is 2.14. The molecular formula is C18H30N2O. The van der Waals surface area contributed by atoms with Crippen molar-refractivity contribution in [3.8, 4) is 0 Å². The van der Waals surface area contributed by atoms with Gasteiger partial charge in [0.2, 0.25) is 5.91 Å². The van der Waals surface area contributed by atoms with E-state index >= 15 is 0 Å². The van der Waals surface area contributed by atoms with Gasteiger partial charge in [-0.25, -0.2) is 0 Å². The van der Waals surface area contributed by atoms with Gasteiger partial charge >= 0.3 is 0 Å². The number of hydrogen-bond donors (Lipinski definition) is 2. The molecule has 0 aliphatic carbocycles. The van der Waals surface area contributed by atoms with Gasteiger partial charge in [0.25, 0.3) is 0 Å². The highest BCUT2D eigenvalue weighted by Gasteiger charge is 2.11. The van der Waals surface area contributed by atoms with Crippen LogP contribution in [0.2, 0.25) is 0 Å². The Labute approximate surface area is 129 Å². The second-order valence-electron chi connectivity index (χ2n) is 6.47. The van der Waals surface area contributed by atoms with Gasteiger partial charge < -0.3 is 10.6 Å². The first-order chi connectivity index (χ1) is 9.90. The Morgan fingerprint density at radius 1 is 1.05 bits per heavy atom. The number of carbonyl (C=O) groups is 1. The molecule has 0 saturated heterocycles. The van der Waals surface area contributed by atoms with E-state index in [-0.39, 0.29) is 11.9 Å². The average Bonchev–Trinajstić information content (AvgIpc) is 2.44. The van der Waals surface area contributed by atoms with Crippen LogP contribution < -0.4 is 10.6 Å². The number of nitrogens with one attached hydrogen (secondary N) is 2. The minimum atomic E-state index is -0.165. The molecule has 1 atom stereocenters. The van der Waals surface area contributed by atoms with Crippen molar-refractivity contribution in [1.29, 1.82) is 0 Å². The Hall–Kier alpha value is -1.35. The summed E-state index contributed by atoms with van der Waals surface area (Å²) in [6.45, 7) is 12.1. The molecule has 0 bridgehead atoms. The summed E-state index contributed by atoms with van der Waals surface area (Å²) in [6, 6.07) is 8.42. The molecule has 1 unspecified atom stereocenters. The molecule has 1 aromatic carbocycles. The van der Waals surface area contributed by atoms with Crippen LogP contribution in [0.25, 0.3) is 0 Å². The number of rotatable bonds is 8. The molecule has 0 aliphatic heterocycles. The van der Waals surface area contributed by atoms with Crippen molar-refractivity contribution in [1.82, 2.24) is 10.6 Å². The zero-order valence-corrected chi connectivity index (χ0v) is 14.1. The van der Waals surface area contributed by atoms with E-state index in [2.05, 4.69) is 62.6 Å². The predicted octanol–water partition coefficient (Wildman–Crippen LogP) is 3.45. The minimum absolute atomic E-state index is 0.0782. The van der Waals surface area contributed by atoms with Crippen molar-refractivity contribution < 1.29 is 4.79 Å². The maximum Gasteiger partial charge on any atom is 0.236 e. The maximum atomic E-state index is 11.9. The molecule has 3 nitrogen and oxygen atoms in total. The van der Waals surface area contributed by atoms with Crippen LogP contribution in [-0.2, 0) is 11.3 Å². The Balaban J connectivity index is 2.34. The summed E-state index contributed by atoms with van der Waals surface area (Å²) in [6.07, 6.45) is 1.02. The molecule has 0 saturated carbocycles. The maximum absolute atomic E-state index is 11.9. The van der Waals surface area contributed by atoms with Gasteiger partial charge in [-0.2, -0.15) is 0 Å². The van der Waals surface area contributed by atoms with Gasteiger partial charge in [-0.1, -0.05) is 52.0 Å². The van der Waals surface area contributed by atoms with E-state index in [0.717, 1.165) is 19.5 Å². The van der Waals surface area contributed by atoms with Crippen molar-refractivity contribution in [3.63, 3.8) is 0 Å². The van der Waals surface area contributed by atoms with E-state index in [9.17, 15) is 4.79 Å². The topological polar surface area (TPSA) is 41.1 Å². The number of hydrogen-bond acceptors (Lipinski definition) is 2. The molecule has 21 heavy (non-hydrogen) atoms. The lowest BCUT2D eigenvalue weighted by atomic mass is 10.0. The SMILES string of the molecule is CC(C)CCNC(=O)C(C)NCc1ccc(C(C)C)cc1. The van der Waals surface area contributed by atoms with Gasteiger partial charge in [0.05, 0.1) is 6.04 Å². The first-order valence-electron chi connectivity index (χ1n) is 8.00. The molecular weight excluding hydrogens is 260 g/mol.